The quantitative estimate of drug-likeness (QED) is 0.909. The Morgan fingerprint density at radius 3 is 2.90 bits per heavy atom. The maximum Gasteiger partial charge on any atom is 0.282 e. The number of benzene rings is 1. The molecule has 0 aliphatic heterocycles. The molecule has 0 bridgehead atoms. The van der Waals surface area contributed by atoms with Gasteiger partial charge in [0.25, 0.3) is 5.56 Å². The molecular weight excluding hydrogens is 322 g/mol. The van der Waals surface area contributed by atoms with E-state index in [4.69, 9.17) is 4.74 Å². The van der Waals surface area contributed by atoms with Crippen LogP contribution in [0.1, 0.15) is 11.1 Å². The minimum absolute atomic E-state index is 0.164. The third-order valence-electron chi connectivity index (χ3n) is 2.86. The third kappa shape index (κ3) is 3.46. The van der Waals surface area contributed by atoms with E-state index in [2.05, 4.69) is 32.4 Å². The lowest BCUT2D eigenvalue weighted by atomic mass is 10.1. The van der Waals surface area contributed by atoms with Crippen LogP contribution in [-0.4, -0.2) is 16.9 Å². The molecule has 20 heavy (non-hydrogen) atoms. The molecule has 1 aromatic carbocycles. The standard InChI is InChI=1S/C14H16BrN3O2/c1-18-14(19)13(15)12(8-17-18)16-7-10-4-3-5-11(6-10)9-20-2/h3-6,8,16H,7,9H2,1-2H3. The van der Waals surface area contributed by atoms with E-state index in [1.54, 1.807) is 20.4 Å². The Morgan fingerprint density at radius 1 is 1.40 bits per heavy atom. The summed E-state index contributed by atoms with van der Waals surface area (Å²) in [5.74, 6) is 0. The molecule has 0 radical (unpaired) electrons. The molecule has 0 unspecified atom stereocenters. The number of anilines is 1. The van der Waals surface area contributed by atoms with Crippen LogP contribution >= 0.6 is 15.9 Å². The van der Waals surface area contributed by atoms with Crippen molar-refractivity contribution >= 4 is 21.6 Å². The Labute approximate surface area is 125 Å². The first kappa shape index (κ1) is 14.7. The number of rotatable bonds is 5. The van der Waals surface area contributed by atoms with Gasteiger partial charge in [-0.2, -0.15) is 5.10 Å². The first-order valence-corrected chi connectivity index (χ1v) is 6.93. The average Bonchev–Trinajstić information content (AvgIpc) is 2.45. The normalized spacial score (nSPS) is 10.6. The zero-order chi connectivity index (χ0) is 14.5. The van der Waals surface area contributed by atoms with Gasteiger partial charge in [-0.05, 0) is 27.1 Å². The van der Waals surface area contributed by atoms with Gasteiger partial charge in [-0.15, -0.1) is 0 Å². The lowest BCUT2D eigenvalue weighted by Gasteiger charge is -2.09. The van der Waals surface area contributed by atoms with Crippen molar-refractivity contribution in [1.82, 2.24) is 9.78 Å². The Bertz CT molecular complexity index is 655. The second kappa shape index (κ2) is 6.67. The van der Waals surface area contributed by atoms with Crippen LogP contribution in [0, 0.1) is 0 Å². The number of aromatic nitrogens is 2. The van der Waals surface area contributed by atoms with Crippen molar-refractivity contribution in [3.63, 3.8) is 0 Å². The molecule has 5 nitrogen and oxygen atoms in total. The zero-order valence-corrected chi connectivity index (χ0v) is 13.0. The molecule has 0 saturated heterocycles. The molecule has 0 atom stereocenters. The summed E-state index contributed by atoms with van der Waals surface area (Å²) in [7, 11) is 3.29. The van der Waals surface area contributed by atoms with Crippen molar-refractivity contribution in [3.05, 3.63) is 56.4 Å². The highest BCUT2D eigenvalue weighted by molar-refractivity contribution is 9.10. The maximum absolute atomic E-state index is 11.7. The number of aryl methyl sites for hydroxylation is 1. The lowest BCUT2D eigenvalue weighted by Crippen LogP contribution is -2.21. The maximum atomic E-state index is 11.7. The van der Waals surface area contributed by atoms with Crippen LogP contribution in [0.5, 0.6) is 0 Å². The minimum atomic E-state index is -0.164. The molecule has 0 aliphatic carbocycles. The second-order valence-electron chi connectivity index (χ2n) is 4.41. The molecule has 0 amide bonds. The van der Waals surface area contributed by atoms with E-state index in [-0.39, 0.29) is 5.56 Å². The van der Waals surface area contributed by atoms with E-state index < -0.39 is 0 Å². The van der Waals surface area contributed by atoms with Crippen LogP contribution in [0.15, 0.2) is 39.7 Å². The molecule has 1 heterocycles. The van der Waals surface area contributed by atoms with Gasteiger partial charge >= 0.3 is 0 Å². The van der Waals surface area contributed by atoms with E-state index in [9.17, 15) is 4.79 Å². The van der Waals surface area contributed by atoms with Gasteiger partial charge in [0.05, 0.1) is 18.5 Å². The molecular formula is C14H16BrN3O2. The highest BCUT2D eigenvalue weighted by Crippen LogP contribution is 2.17. The highest BCUT2D eigenvalue weighted by Gasteiger charge is 2.06. The van der Waals surface area contributed by atoms with Gasteiger partial charge in [-0.1, -0.05) is 24.3 Å². The molecule has 1 N–H and O–H groups in total. The number of hydrogen-bond donors (Lipinski definition) is 1. The number of methoxy groups -OCH3 is 1. The van der Waals surface area contributed by atoms with E-state index >= 15 is 0 Å². The molecule has 2 rings (SSSR count). The summed E-state index contributed by atoms with van der Waals surface area (Å²) in [6.07, 6.45) is 1.63. The summed E-state index contributed by atoms with van der Waals surface area (Å²) >= 11 is 3.29. The monoisotopic (exact) mass is 337 g/mol. The largest absolute Gasteiger partial charge is 0.380 e. The molecule has 106 valence electrons. The Kier molecular flexibility index (Phi) is 4.92. The van der Waals surface area contributed by atoms with Crippen molar-refractivity contribution in [3.8, 4) is 0 Å². The smallest absolute Gasteiger partial charge is 0.282 e. The van der Waals surface area contributed by atoms with Crippen LogP contribution in [0.3, 0.4) is 0 Å². The summed E-state index contributed by atoms with van der Waals surface area (Å²) in [5.41, 5.74) is 2.76. The van der Waals surface area contributed by atoms with Crippen molar-refractivity contribution in [2.45, 2.75) is 13.2 Å². The fourth-order valence-electron chi connectivity index (χ4n) is 1.83. The second-order valence-corrected chi connectivity index (χ2v) is 5.20. The summed E-state index contributed by atoms with van der Waals surface area (Å²) in [6.45, 7) is 1.20. The Morgan fingerprint density at radius 2 is 2.15 bits per heavy atom. The number of hydrogen-bond acceptors (Lipinski definition) is 4. The number of halogens is 1. The minimum Gasteiger partial charge on any atom is -0.380 e. The van der Waals surface area contributed by atoms with Gasteiger partial charge in [0.15, 0.2) is 0 Å². The van der Waals surface area contributed by atoms with E-state index in [0.717, 1.165) is 11.1 Å². The van der Waals surface area contributed by atoms with Gasteiger partial charge in [0, 0.05) is 20.7 Å². The van der Waals surface area contributed by atoms with Crippen LogP contribution in [-0.2, 0) is 24.9 Å². The van der Waals surface area contributed by atoms with E-state index in [1.165, 1.54) is 4.68 Å². The summed E-state index contributed by atoms with van der Waals surface area (Å²) in [6, 6.07) is 8.10. The van der Waals surface area contributed by atoms with Gasteiger partial charge in [0.1, 0.15) is 4.47 Å². The summed E-state index contributed by atoms with van der Waals surface area (Å²) in [4.78, 5) is 11.7. The predicted molar refractivity (Wildman–Crippen MR) is 81.7 cm³/mol. The average molecular weight is 338 g/mol. The summed E-state index contributed by atoms with van der Waals surface area (Å²) in [5, 5.41) is 7.19. The molecule has 1 aromatic heterocycles. The Hall–Kier alpha value is -1.66. The van der Waals surface area contributed by atoms with Crippen molar-refractivity contribution in [1.29, 1.82) is 0 Å². The molecule has 0 spiro atoms. The van der Waals surface area contributed by atoms with Crippen molar-refractivity contribution in [2.24, 2.45) is 7.05 Å². The fraction of sp³-hybridized carbons (Fsp3) is 0.286. The first-order valence-electron chi connectivity index (χ1n) is 6.14. The highest BCUT2D eigenvalue weighted by atomic mass is 79.9. The van der Waals surface area contributed by atoms with Gasteiger partial charge in [-0.25, -0.2) is 4.68 Å². The molecule has 0 aliphatic rings. The summed E-state index contributed by atoms with van der Waals surface area (Å²) < 4.78 is 6.89. The van der Waals surface area contributed by atoms with Crippen molar-refractivity contribution in [2.75, 3.05) is 12.4 Å². The van der Waals surface area contributed by atoms with Gasteiger partial charge < -0.3 is 10.1 Å². The molecule has 0 saturated carbocycles. The molecule has 2 aromatic rings. The third-order valence-corrected chi connectivity index (χ3v) is 3.63. The number of nitrogens with one attached hydrogen (secondary N) is 1. The predicted octanol–water partition coefficient (Wildman–Crippen LogP) is 2.30. The van der Waals surface area contributed by atoms with Crippen LogP contribution in [0.4, 0.5) is 5.69 Å². The zero-order valence-electron chi connectivity index (χ0n) is 11.4. The van der Waals surface area contributed by atoms with Gasteiger partial charge in [0.2, 0.25) is 0 Å². The number of nitrogens with zero attached hydrogens (tertiary/aromatic N) is 2. The topological polar surface area (TPSA) is 56.1 Å². The van der Waals surface area contributed by atoms with E-state index in [0.29, 0.717) is 23.3 Å². The fourth-order valence-corrected chi connectivity index (χ4v) is 2.33. The van der Waals surface area contributed by atoms with Crippen LogP contribution in [0.2, 0.25) is 0 Å². The number of ether oxygens (including phenoxy) is 1. The lowest BCUT2D eigenvalue weighted by molar-refractivity contribution is 0.185. The molecule has 6 heteroatoms. The van der Waals surface area contributed by atoms with Crippen LogP contribution in [0.25, 0.3) is 0 Å². The van der Waals surface area contributed by atoms with Gasteiger partial charge in [-0.3, -0.25) is 4.79 Å². The van der Waals surface area contributed by atoms with Crippen molar-refractivity contribution < 1.29 is 4.74 Å². The first-order chi connectivity index (χ1) is 9.61. The molecule has 0 fully saturated rings. The Balaban J connectivity index is 2.11. The SMILES string of the molecule is COCc1cccc(CNc2cnn(C)c(=O)c2Br)c1. The van der Waals surface area contributed by atoms with Crippen LogP contribution < -0.4 is 10.9 Å². The van der Waals surface area contributed by atoms with E-state index in [1.807, 2.05) is 18.2 Å².